The number of carbonyl (C=O) groups excluding carboxylic acids is 1. The van der Waals surface area contributed by atoms with Gasteiger partial charge >= 0.3 is 5.97 Å². The van der Waals surface area contributed by atoms with Gasteiger partial charge in [-0.3, -0.25) is 0 Å². The van der Waals surface area contributed by atoms with Crippen LogP contribution in [0.4, 0.5) is 0 Å². The number of rotatable bonds is 6. The van der Waals surface area contributed by atoms with Crippen LogP contribution in [0.15, 0.2) is 84.9 Å². The summed E-state index contributed by atoms with van der Waals surface area (Å²) >= 11 is 0. The highest BCUT2D eigenvalue weighted by Crippen LogP contribution is 2.46. The lowest BCUT2D eigenvalue weighted by molar-refractivity contribution is 0.0526. The van der Waals surface area contributed by atoms with Crippen LogP contribution in [-0.4, -0.2) is 12.6 Å². The first-order valence-electron chi connectivity index (χ1n) is 8.60. The van der Waals surface area contributed by atoms with E-state index >= 15 is 0 Å². The lowest BCUT2D eigenvalue weighted by Crippen LogP contribution is -2.17. The zero-order valence-corrected chi connectivity index (χ0v) is 15.6. The Morgan fingerprint density at radius 3 is 1.77 bits per heavy atom. The highest BCUT2D eigenvalue weighted by Gasteiger charge is 2.27. The second kappa shape index (κ2) is 8.16. The highest BCUT2D eigenvalue weighted by molar-refractivity contribution is 7.78. The summed E-state index contributed by atoms with van der Waals surface area (Å²) in [6, 6.07) is 26.3. The fourth-order valence-electron chi connectivity index (χ4n) is 2.89. The first kappa shape index (κ1) is 18.2. The van der Waals surface area contributed by atoms with Crippen LogP contribution in [0.5, 0.6) is 0 Å². The van der Waals surface area contributed by atoms with Crippen molar-refractivity contribution in [1.29, 1.82) is 0 Å². The molecule has 0 radical (unpaired) electrons. The number of esters is 1. The average molecular weight is 364 g/mol. The molecule has 0 spiro atoms. The molecule has 0 aliphatic carbocycles. The van der Waals surface area contributed by atoms with Gasteiger partial charge < -0.3 is 9.30 Å². The number of benzene rings is 3. The fourth-order valence-corrected chi connectivity index (χ4v) is 5.58. The van der Waals surface area contributed by atoms with E-state index in [2.05, 4.69) is 0 Å². The van der Waals surface area contributed by atoms with E-state index in [1.54, 1.807) is 19.1 Å². The van der Waals surface area contributed by atoms with Gasteiger partial charge in [-0.15, -0.1) is 0 Å². The summed E-state index contributed by atoms with van der Waals surface area (Å²) < 4.78 is 19.0. The number of ether oxygens (including phenoxy) is 1. The molecule has 0 N–H and O–H groups in total. The summed E-state index contributed by atoms with van der Waals surface area (Å²) in [5, 5.41) is 1.67. The minimum absolute atomic E-state index is 0.339. The van der Waals surface area contributed by atoms with Gasteiger partial charge in [0.2, 0.25) is 0 Å². The zero-order valence-electron chi connectivity index (χ0n) is 14.7. The molecule has 3 rings (SSSR count). The smallest absolute Gasteiger partial charge is 0.338 e. The highest BCUT2D eigenvalue weighted by atomic mass is 31.2. The molecule has 0 aromatic heterocycles. The molecule has 0 saturated heterocycles. The van der Waals surface area contributed by atoms with Crippen LogP contribution in [-0.2, 0) is 15.5 Å². The van der Waals surface area contributed by atoms with Crippen LogP contribution in [0.25, 0.3) is 0 Å². The van der Waals surface area contributed by atoms with Crippen molar-refractivity contribution in [3.8, 4) is 0 Å². The molecule has 0 aliphatic rings. The molecule has 0 aliphatic heterocycles. The molecule has 0 saturated carbocycles. The topological polar surface area (TPSA) is 43.4 Å². The third kappa shape index (κ3) is 3.95. The van der Waals surface area contributed by atoms with Gasteiger partial charge in [-0.05, 0) is 24.6 Å². The molecule has 0 fully saturated rings. The van der Waals surface area contributed by atoms with Crippen molar-refractivity contribution >= 4 is 23.7 Å². The molecule has 132 valence electrons. The Hall–Kier alpha value is -2.64. The Bertz CT molecular complexity index is 860. The maximum absolute atomic E-state index is 14.0. The van der Waals surface area contributed by atoms with Crippen molar-refractivity contribution in [2.75, 3.05) is 6.61 Å². The minimum atomic E-state index is -2.81. The molecule has 3 aromatic rings. The molecule has 4 heteroatoms. The quantitative estimate of drug-likeness (QED) is 0.482. The molecule has 0 atom stereocenters. The second-order valence-electron chi connectivity index (χ2n) is 5.99. The summed E-state index contributed by atoms with van der Waals surface area (Å²) in [4.78, 5) is 11.8. The lowest BCUT2D eigenvalue weighted by atomic mass is 10.1. The van der Waals surface area contributed by atoms with Crippen molar-refractivity contribution in [2.24, 2.45) is 0 Å². The van der Waals surface area contributed by atoms with Crippen molar-refractivity contribution < 1.29 is 14.1 Å². The summed E-state index contributed by atoms with van der Waals surface area (Å²) in [6.45, 7) is 2.13. The molecule has 0 unspecified atom stereocenters. The SMILES string of the molecule is CCOC(=O)c1ccc(CP(=O)(c2ccccc2)c2ccccc2)cc1. The van der Waals surface area contributed by atoms with Gasteiger partial charge in [0.05, 0.1) is 12.2 Å². The van der Waals surface area contributed by atoms with Crippen LogP contribution in [0.3, 0.4) is 0 Å². The van der Waals surface area contributed by atoms with Gasteiger partial charge in [0, 0.05) is 16.8 Å². The van der Waals surface area contributed by atoms with Gasteiger partial charge in [-0.2, -0.15) is 0 Å². The van der Waals surface area contributed by atoms with Crippen LogP contribution < -0.4 is 10.6 Å². The Balaban J connectivity index is 1.95. The monoisotopic (exact) mass is 364 g/mol. The number of hydrogen-bond donors (Lipinski definition) is 0. The molecule has 0 heterocycles. The maximum atomic E-state index is 14.0. The summed E-state index contributed by atoms with van der Waals surface area (Å²) in [7, 11) is -2.81. The first-order valence-corrected chi connectivity index (χ1v) is 10.5. The third-order valence-electron chi connectivity index (χ3n) is 4.22. The Morgan fingerprint density at radius 1 is 0.808 bits per heavy atom. The van der Waals surface area contributed by atoms with Gasteiger partial charge in [0.1, 0.15) is 7.14 Å². The number of carbonyl (C=O) groups is 1. The van der Waals surface area contributed by atoms with E-state index in [-0.39, 0.29) is 5.97 Å². The predicted octanol–water partition coefficient (Wildman–Crippen LogP) is 4.38. The van der Waals surface area contributed by atoms with E-state index in [0.717, 1.165) is 16.2 Å². The number of hydrogen-bond acceptors (Lipinski definition) is 3. The standard InChI is InChI=1S/C22H21O3P/c1-2-25-22(23)19-15-13-18(14-16-19)17-26(24,20-9-5-3-6-10-20)21-11-7-4-8-12-21/h3-16H,2,17H2,1H3. The van der Waals surface area contributed by atoms with Crippen LogP contribution >= 0.6 is 7.14 Å². The Morgan fingerprint density at radius 2 is 1.31 bits per heavy atom. The molecule has 0 amide bonds. The van der Waals surface area contributed by atoms with E-state index in [1.165, 1.54) is 0 Å². The summed E-state index contributed by atoms with van der Waals surface area (Å²) in [5.41, 5.74) is 1.43. The van der Waals surface area contributed by atoms with Crippen molar-refractivity contribution in [3.63, 3.8) is 0 Å². The van der Waals surface area contributed by atoms with Gasteiger partial charge in [0.15, 0.2) is 0 Å². The normalized spacial score (nSPS) is 11.1. The average Bonchev–Trinajstić information content (AvgIpc) is 2.70. The van der Waals surface area contributed by atoms with Crippen molar-refractivity contribution in [3.05, 3.63) is 96.1 Å². The molecule has 3 aromatic carbocycles. The molecular weight excluding hydrogens is 343 g/mol. The molecular formula is C22H21O3P. The van der Waals surface area contributed by atoms with Crippen LogP contribution in [0, 0.1) is 0 Å². The van der Waals surface area contributed by atoms with Crippen molar-refractivity contribution in [2.45, 2.75) is 13.1 Å². The van der Waals surface area contributed by atoms with Crippen molar-refractivity contribution in [1.82, 2.24) is 0 Å². The van der Waals surface area contributed by atoms with E-state index in [1.807, 2.05) is 72.8 Å². The van der Waals surface area contributed by atoms with Crippen LogP contribution in [0.1, 0.15) is 22.8 Å². The lowest BCUT2D eigenvalue weighted by Gasteiger charge is -2.19. The summed E-state index contributed by atoms with van der Waals surface area (Å²) in [6.07, 6.45) is 0.407. The van der Waals surface area contributed by atoms with Gasteiger partial charge in [0.25, 0.3) is 0 Å². The maximum Gasteiger partial charge on any atom is 0.338 e. The minimum Gasteiger partial charge on any atom is -0.462 e. The first-order chi connectivity index (χ1) is 12.6. The van der Waals surface area contributed by atoms with Gasteiger partial charge in [-0.25, -0.2) is 4.79 Å². The Kier molecular flexibility index (Phi) is 5.70. The van der Waals surface area contributed by atoms with Gasteiger partial charge in [-0.1, -0.05) is 72.8 Å². The fraction of sp³-hybridized carbons (Fsp3) is 0.136. The summed E-state index contributed by atoms with van der Waals surface area (Å²) in [5.74, 6) is -0.339. The van der Waals surface area contributed by atoms with E-state index in [0.29, 0.717) is 18.3 Å². The second-order valence-corrected chi connectivity index (χ2v) is 8.81. The largest absolute Gasteiger partial charge is 0.462 e. The molecule has 26 heavy (non-hydrogen) atoms. The Labute approximate surface area is 154 Å². The molecule has 0 bridgehead atoms. The van der Waals surface area contributed by atoms with E-state index in [9.17, 15) is 9.36 Å². The third-order valence-corrected chi connectivity index (χ3v) is 7.29. The van der Waals surface area contributed by atoms with E-state index < -0.39 is 7.14 Å². The van der Waals surface area contributed by atoms with Crippen LogP contribution in [0.2, 0.25) is 0 Å². The predicted molar refractivity (Wildman–Crippen MR) is 106 cm³/mol. The molecule has 3 nitrogen and oxygen atoms in total. The van der Waals surface area contributed by atoms with E-state index in [4.69, 9.17) is 4.74 Å². The zero-order chi connectivity index (χ0) is 18.4.